The molecule has 0 aliphatic carbocycles. The highest BCUT2D eigenvalue weighted by atomic mass is 15.2. The molecule has 3 aromatic rings. The van der Waals surface area contributed by atoms with E-state index in [0.717, 1.165) is 31.3 Å². The van der Waals surface area contributed by atoms with Crippen molar-refractivity contribution in [3.8, 4) is 11.3 Å². The summed E-state index contributed by atoms with van der Waals surface area (Å²) in [5, 5.41) is 4.31. The number of nitrogens with zero attached hydrogens (tertiary/aromatic N) is 5. The van der Waals surface area contributed by atoms with Crippen molar-refractivity contribution >= 4 is 0 Å². The van der Waals surface area contributed by atoms with E-state index in [9.17, 15) is 0 Å². The van der Waals surface area contributed by atoms with Crippen molar-refractivity contribution in [3.05, 3.63) is 60.3 Å². The zero-order valence-electron chi connectivity index (χ0n) is 14.5. The van der Waals surface area contributed by atoms with Gasteiger partial charge in [-0.25, -0.2) is 4.98 Å². The Kier molecular flexibility index (Phi) is 3.48. The predicted octanol–water partition coefficient (Wildman–Crippen LogP) is 2.59. The fourth-order valence-corrected chi connectivity index (χ4v) is 4.48. The van der Waals surface area contributed by atoms with Crippen LogP contribution in [-0.2, 0) is 26.6 Å². The van der Waals surface area contributed by atoms with Gasteiger partial charge in [0.1, 0.15) is 5.82 Å². The smallest absolute Gasteiger partial charge is 0.109 e. The molecule has 5 heteroatoms. The third-order valence-corrected chi connectivity index (χ3v) is 5.70. The fraction of sp³-hybridized carbons (Fsp3) is 0.400. The quantitative estimate of drug-likeness (QED) is 0.739. The molecule has 0 bridgehead atoms. The molecule has 5 rings (SSSR count). The van der Waals surface area contributed by atoms with E-state index in [1.165, 1.54) is 35.7 Å². The molecule has 1 fully saturated rings. The Morgan fingerprint density at radius 3 is 2.68 bits per heavy atom. The molecule has 5 nitrogen and oxygen atoms in total. The Bertz CT molecular complexity index is 879. The van der Waals surface area contributed by atoms with Gasteiger partial charge in [0.15, 0.2) is 0 Å². The van der Waals surface area contributed by atoms with Crippen molar-refractivity contribution in [1.82, 2.24) is 24.2 Å². The van der Waals surface area contributed by atoms with Gasteiger partial charge >= 0.3 is 0 Å². The van der Waals surface area contributed by atoms with Gasteiger partial charge in [-0.05, 0) is 17.4 Å². The van der Waals surface area contributed by atoms with E-state index in [-0.39, 0.29) is 0 Å². The van der Waals surface area contributed by atoms with Crippen molar-refractivity contribution in [2.45, 2.75) is 19.5 Å². The maximum Gasteiger partial charge on any atom is 0.109 e. The van der Waals surface area contributed by atoms with Gasteiger partial charge in [0.05, 0.1) is 18.1 Å². The van der Waals surface area contributed by atoms with Gasteiger partial charge in [-0.3, -0.25) is 9.58 Å². The van der Waals surface area contributed by atoms with Gasteiger partial charge in [0.25, 0.3) is 0 Å². The first kappa shape index (κ1) is 14.9. The van der Waals surface area contributed by atoms with Gasteiger partial charge in [-0.1, -0.05) is 30.3 Å². The third kappa shape index (κ3) is 2.68. The summed E-state index contributed by atoms with van der Waals surface area (Å²) in [6, 6.07) is 10.8. The first-order valence-electron chi connectivity index (χ1n) is 9.06. The maximum atomic E-state index is 4.72. The summed E-state index contributed by atoms with van der Waals surface area (Å²) in [6.45, 7) is 4.51. The van der Waals surface area contributed by atoms with Crippen molar-refractivity contribution in [2.75, 3.05) is 13.1 Å². The second-order valence-corrected chi connectivity index (χ2v) is 7.48. The van der Waals surface area contributed by atoms with Gasteiger partial charge in [-0.15, -0.1) is 0 Å². The van der Waals surface area contributed by atoms with E-state index in [4.69, 9.17) is 4.98 Å². The lowest BCUT2D eigenvalue weighted by Gasteiger charge is -2.26. The first-order valence-corrected chi connectivity index (χ1v) is 9.06. The summed E-state index contributed by atoms with van der Waals surface area (Å²) < 4.78 is 4.28. The SMILES string of the molecule is Cn1cc(-c2cnc3n2C[C@H]2CN(Cc4ccccc4)C[C@H]2C3)cn1. The lowest BCUT2D eigenvalue weighted by molar-refractivity contribution is 0.307. The molecule has 0 saturated carbocycles. The topological polar surface area (TPSA) is 38.9 Å². The van der Waals surface area contributed by atoms with Crippen LogP contribution >= 0.6 is 0 Å². The van der Waals surface area contributed by atoms with Crippen LogP contribution in [0.15, 0.2) is 48.9 Å². The molecule has 2 aromatic heterocycles. The number of hydrogen-bond donors (Lipinski definition) is 0. The summed E-state index contributed by atoms with van der Waals surface area (Å²) in [6.07, 6.45) is 7.13. The summed E-state index contributed by atoms with van der Waals surface area (Å²) in [5.41, 5.74) is 3.79. The summed E-state index contributed by atoms with van der Waals surface area (Å²) >= 11 is 0. The molecule has 0 unspecified atom stereocenters. The highest BCUT2D eigenvalue weighted by Crippen LogP contribution is 2.35. The van der Waals surface area contributed by atoms with Gasteiger partial charge in [-0.2, -0.15) is 5.10 Å². The molecule has 1 aromatic carbocycles. The highest BCUT2D eigenvalue weighted by Gasteiger charge is 2.37. The van der Waals surface area contributed by atoms with E-state index in [1.54, 1.807) is 0 Å². The molecule has 0 spiro atoms. The maximum absolute atomic E-state index is 4.72. The lowest BCUT2D eigenvalue weighted by atomic mass is 9.89. The number of likely N-dealkylation sites (tertiary alicyclic amines) is 1. The normalized spacial score (nSPS) is 22.8. The Labute approximate surface area is 147 Å². The van der Waals surface area contributed by atoms with E-state index in [2.05, 4.69) is 51.1 Å². The molecule has 128 valence electrons. The van der Waals surface area contributed by atoms with E-state index in [0.29, 0.717) is 0 Å². The van der Waals surface area contributed by atoms with E-state index < -0.39 is 0 Å². The average molecular weight is 333 g/mol. The molecule has 4 heterocycles. The zero-order chi connectivity index (χ0) is 16.8. The van der Waals surface area contributed by atoms with Crippen molar-refractivity contribution in [2.24, 2.45) is 18.9 Å². The molecule has 1 saturated heterocycles. The summed E-state index contributed by atoms with van der Waals surface area (Å²) in [4.78, 5) is 7.33. The Morgan fingerprint density at radius 1 is 1.04 bits per heavy atom. The lowest BCUT2D eigenvalue weighted by Crippen LogP contribution is -2.28. The van der Waals surface area contributed by atoms with E-state index >= 15 is 0 Å². The van der Waals surface area contributed by atoms with Crippen LogP contribution in [-0.4, -0.2) is 37.3 Å². The summed E-state index contributed by atoms with van der Waals surface area (Å²) in [7, 11) is 1.96. The molecule has 2 atom stereocenters. The molecule has 0 amide bonds. The molecule has 0 radical (unpaired) electrons. The van der Waals surface area contributed by atoms with Crippen LogP contribution in [0.2, 0.25) is 0 Å². The van der Waals surface area contributed by atoms with Gasteiger partial charge < -0.3 is 4.57 Å². The van der Waals surface area contributed by atoms with Crippen LogP contribution in [0.5, 0.6) is 0 Å². The standard InChI is InChI=1S/C20H23N5/c1-23-11-17(8-22-23)19-9-21-20-7-16-12-24(13-18(16)14-25(19)20)10-15-5-3-2-4-6-15/h2-6,8-9,11,16,18H,7,10,12-14H2,1H3/t16-,18-/m1/s1. The number of rotatable bonds is 3. The number of imidazole rings is 1. The van der Waals surface area contributed by atoms with Crippen LogP contribution < -0.4 is 0 Å². The molecule has 2 aliphatic heterocycles. The minimum absolute atomic E-state index is 0.723. The van der Waals surface area contributed by atoms with E-state index in [1.807, 2.05) is 24.1 Å². The molecular formula is C20H23N5. The second kappa shape index (κ2) is 5.85. The summed E-state index contributed by atoms with van der Waals surface area (Å²) in [5.74, 6) is 2.70. The third-order valence-electron chi connectivity index (χ3n) is 5.70. The highest BCUT2D eigenvalue weighted by molar-refractivity contribution is 5.57. The minimum atomic E-state index is 0.723. The van der Waals surface area contributed by atoms with Crippen molar-refractivity contribution < 1.29 is 0 Å². The fourth-order valence-electron chi connectivity index (χ4n) is 4.48. The van der Waals surface area contributed by atoms with Crippen LogP contribution in [0.3, 0.4) is 0 Å². The zero-order valence-corrected chi connectivity index (χ0v) is 14.5. The van der Waals surface area contributed by atoms with Gasteiger partial charge in [0, 0.05) is 51.4 Å². The predicted molar refractivity (Wildman–Crippen MR) is 96.8 cm³/mol. The monoisotopic (exact) mass is 333 g/mol. The number of hydrogen-bond acceptors (Lipinski definition) is 3. The number of aromatic nitrogens is 4. The average Bonchev–Trinajstić information content (AvgIpc) is 3.31. The molecule has 0 N–H and O–H groups in total. The Morgan fingerprint density at radius 2 is 1.88 bits per heavy atom. The number of benzene rings is 1. The largest absolute Gasteiger partial charge is 0.328 e. The van der Waals surface area contributed by atoms with Crippen LogP contribution in [0.25, 0.3) is 11.3 Å². The molecule has 25 heavy (non-hydrogen) atoms. The van der Waals surface area contributed by atoms with Gasteiger partial charge in [0.2, 0.25) is 0 Å². The minimum Gasteiger partial charge on any atom is -0.328 e. The Balaban J connectivity index is 1.35. The Hall–Kier alpha value is -2.40. The number of fused-ring (bicyclic) bond motifs is 2. The number of aryl methyl sites for hydroxylation is 1. The van der Waals surface area contributed by atoms with Crippen LogP contribution in [0, 0.1) is 11.8 Å². The van der Waals surface area contributed by atoms with Crippen LogP contribution in [0.4, 0.5) is 0 Å². The van der Waals surface area contributed by atoms with Crippen molar-refractivity contribution in [1.29, 1.82) is 0 Å². The molecular weight excluding hydrogens is 310 g/mol. The first-order chi connectivity index (χ1) is 12.3. The second-order valence-electron chi connectivity index (χ2n) is 7.48. The van der Waals surface area contributed by atoms with Crippen LogP contribution in [0.1, 0.15) is 11.4 Å². The van der Waals surface area contributed by atoms with Crippen molar-refractivity contribution in [3.63, 3.8) is 0 Å². The molecule has 2 aliphatic rings.